The van der Waals surface area contributed by atoms with E-state index in [0.717, 1.165) is 35.3 Å². The van der Waals surface area contributed by atoms with Crippen molar-refractivity contribution in [1.29, 1.82) is 0 Å². The maximum Gasteiger partial charge on any atom is 0.148 e. The van der Waals surface area contributed by atoms with Crippen molar-refractivity contribution in [3.05, 3.63) is 29.2 Å². The largest absolute Gasteiger partial charge is 0.494 e. The molecule has 0 unspecified atom stereocenters. The quantitative estimate of drug-likeness (QED) is 0.912. The Morgan fingerprint density at radius 3 is 2.63 bits per heavy atom. The highest BCUT2D eigenvalue weighted by molar-refractivity contribution is 5.96. The lowest BCUT2D eigenvalue weighted by Gasteiger charge is -2.16. The lowest BCUT2D eigenvalue weighted by molar-refractivity contribution is 0.415. The number of pyridine rings is 1. The number of aromatic nitrogens is 1. The van der Waals surface area contributed by atoms with Crippen LogP contribution in [0.15, 0.2) is 12.1 Å². The number of fused-ring (bicyclic) bond motifs is 1. The van der Waals surface area contributed by atoms with E-state index in [9.17, 15) is 4.39 Å². The molecule has 0 fully saturated rings. The first-order valence-corrected chi connectivity index (χ1v) is 6.52. The summed E-state index contributed by atoms with van der Waals surface area (Å²) in [6.45, 7) is 6.86. The van der Waals surface area contributed by atoms with Gasteiger partial charge < -0.3 is 10.1 Å². The molecule has 2 rings (SSSR count). The minimum absolute atomic E-state index is 0.309. The van der Waals surface area contributed by atoms with Gasteiger partial charge in [-0.25, -0.2) is 9.37 Å². The summed E-state index contributed by atoms with van der Waals surface area (Å²) < 4.78 is 18.9. The maximum absolute atomic E-state index is 13.7. The number of halogens is 1. The third-order valence-corrected chi connectivity index (χ3v) is 3.25. The number of rotatable bonds is 4. The Kier molecular flexibility index (Phi) is 3.88. The SMILES string of the molecule is CCNc1c(CC)c(C)nc2c(OC)cc(F)cc12. The van der Waals surface area contributed by atoms with Crippen LogP contribution in [0.2, 0.25) is 0 Å². The summed E-state index contributed by atoms with van der Waals surface area (Å²) in [6, 6.07) is 2.89. The van der Waals surface area contributed by atoms with Gasteiger partial charge in [-0.15, -0.1) is 0 Å². The second kappa shape index (κ2) is 5.43. The third kappa shape index (κ3) is 2.35. The molecule has 1 N–H and O–H groups in total. The number of ether oxygens (including phenoxy) is 1. The van der Waals surface area contributed by atoms with Crippen LogP contribution in [0.25, 0.3) is 10.9 Å². The van der Waals surface area contributed by atoms with Crippen molar-refractivity contribution in [1.82, 2.24) is 4.98 Å². The van der Waals surface area contributed by atoms with Crippen LogP contribution in [0.3, 0.4) is 0 Å². The normalized spacial score (nSPS) is 10.8. The number of benzene rings is 1. The molecule has 0 aliphatic rings. The Morgan fingerprint density at radius 1 is 1.32 bits per heavy atom. The molecule has 1 aromatic carbocycles. The van der Waals surface area contributed by atoms with E-state index in [2.05, 4.69) is 17.2 Å². The van der Waals surface area contributed by atoms with Crippen LogP contribution < -0.4 is 10.1 Å². The summed E-state index contributed by atoms with van der Waals surface area (Å²) in [7, 11) is 1.53. The highest BCUT2D eigenvalue weighted by Gasteiger charge is 2.15. The van der Waals surface area contributed by atoms with Crippen LogP contribution in [0, 0.1) is 12.7 Å². The summed E-state index contributed by atoms with van der Waals surface area (Å²) >= 11 is 0. The van der Waals surface area contributed by atoms with Crippen LogP contribution in [-0.2, 0) is 6.42 Å². The van der Waals surface area contributed by atoms with Gasteiger partial charge in [0.25, 0.3) is 0 Å². The number of hydrogen-bond donors (Lipinski definition) is 1. The first-order chi connectivity index (χ1) is 9.12. The lowest BCUT2D eigenvalue weighted by Crippen LogP contribution is -2.06. The molecule has 0 aliphatic carbocycles. The van der Waals surface area contributed by atoms with Crippen molar-refractivity contribution >= 4 is 16.6 Å². The van der Waals surface area contributed by atoms with Crippen LogP contribution in [0.4, 0.5) is 10.1 Å². The number of anilines is 1. The monoisotopic (exact) mass is 262 g/mol. The Bertz CT molecular complexity index is 611. The van der Waals surface area contributed by atoms with Crippen LogP contribution in [0.5, 0.6) is 5.75 Å². The molecular weight excluding hydrogens is 243 g/mol. The molecule has 0 saturated heterocycles. The average Bonchev–Trinajstić information content (AvgIpc) is 2.39. The minimum atomic E-state index is -0.309. The molecule has 0 radical (unpaired) electrons. The summed E-state index contributed by atoms with van der Waals surface area (Å²) in [5, 5.41) is 4.11. The van der Waals surface area contributed by atoms with E-state index < -0.39 is 0 Å². The summed E-state index contributed by atoms with van der Waals surface area (Å²) in [5.41, 5.74) is 3.75. The van der Waals surface area contributed by atoms with E-state index in [1.807, 2.05) is 13.8 Å². The number of nitrogens with one attached hydrogen (secondary N) is 1. The zero-order valence-electron chi connectivity index (χ0n) is 11.8. The topological polar surface area (TPSA) is 34.2 Å². The van der Waals surface area contributed by atoms with Crippen molar-refractivity contribution in [3.63, 3.8) is 0 Å². The Hall–Kier alpha value is -1.84. The Morgan fingerprint density at radius 2 is 2.05 bits per heavy atom. The molecule has 102 valence electrons. The van der Waals surface area contributed by atoms with E-state index in [1.165, 1.54) is 19.2 Å². The molecular formula is C15H19FN2O. The van der Waals surface area contributed by atoms with Crippen molar-refractivity contribution in [2.45, 2.75) is 27.2 Å². The van der Waals surface area contributed by atoms with Gasteiger partial charge in [-0.05, 0) is 31.9 Å². The Balaban J connectivity index is 2.87. The van der Waals surface area contributed by atoms with Crippen molar-refractivity contribution in [3.8, 4) is 5.75 Å². The molecule has 0 amide bonds. The van der Waals surface area contributed by atoms with Crippen molar-refractivity contribution < 1.29 is 9.13 Å². The van der Waals surface area contributed by atoms with E-state index in [1.54, 1.807) is 0 Å². The first kappa shape index (κ1) is 13.6. The fourth-order valence-electron chi connectivity index (χ4n) is 2.43. The van der Waals surface area contributed by atoms with Gasteiger partial charge in [0.2, 0.25) is 0 Å². The van der Waals surface area contributed by atoms with Crippen LogP contribution >= 0.6 is 0 Å². The molecule has 0 spiro atoms. The fourth-order valence-corrected chi connectivity index (χ4v) is 2.43. The van der Waals surface area contributed by atoms with Crippen molar-refractivity contribution in [2.75, 3.05) is 19.0 Å². The summed E-state index contributed by atoms with van der Waals surface area (Å²) in [5.74, 6) is 0.163. The average molecular weight is 262 g/mol. The first-order valence-electron chi connectivity index (χ1n) is 6.52. The lowest BCUT2D eigenvalue weighted by atomic mass is 10.0. The van der Waals surface area contributed by atoms with E-state index in [-0.39, 0.29) is 5.82 Å². The van der Waals surface area contributed by atoms with Gasteiger partial charge in [-0.3, -0.25) is 0 Å². The summed E-state index contributed by atoms with van der Waals surface area (Å²) in [4.78, 5) is 4.57. The van der Waals surface area contributed by atoms with Gasteiger partial charge >= 0.3 is 0 Å². The van der Waals surface area contributed by atoms with Crippen LogP contribution in [0.1, 0.15) is 25.1 Å². The predicted octanol–water partition coefficient (Wildman–Crippen LogP) is 3.69. The molecule has 0 aliphatic heterocycles. The van der Waals surface area contributed by atoms with Crippen molar-refractivity contribution in [2.24, 2.45) is 0 Å². The van der Waals surface area contributed by atoms with Crippen LogP contribution in [-0.4, -0.2) is 18.6 Å². The van der Waals surface area contributed by atoms with Gasteiger partial charge in [-0.1, -0.05) is 6.92 Å². The maximum atomic E-state index is 13.7. The minimum Gasteiger partial charge on any atom is -0.494 e. The molecule has 2 aromatic rings. The Labute approximate surface area is 112 Å². The van der Waals surface area contributed by atoms with Gasteiger partial charge in [0, 0.05) is 29.4 Å². The number of methoxy groups -OCH3 is 1. The van der Waals surface area contributed by atoms with Gasteiger partial charge in [-0.2, -0.15) is 0 Å². The molecule has 3 nitrogen and oxygen atoms in total. The molecule has 1 heterocycles. The van der Waals surface area contributed by atoms with Gasteiger partial charge in [0.15, 0.2) is 0 Å². The highest BCUT2D eigenvalue weighted by atomic mass is 19.1. The molecule has 0 saturated carbocycles. The number of aryl methyl sites for hydroxylation is 1. The second-order valence-electron chi connectivity index (χ2n) is 4.44. The zero-order valence-corrected chi connectivity index (χ0v) is 11.8. The van der Waals surface area contributed by atoms with E-state index in [0.29, 0.717) is 11.3 Å². The number of hydrogen-bond acceptors (Lipinski definition) is 3. The van der Waals surface area contributed by atoms with E-state index >= 15 is 0 Å². The molecule has 19 heavy (non-hydrogen) atoms. The van der Waals surface area contributed by atoms with Gasteiger partial charge in [0.05, 0.1) is 7.11 Å². The van der Waals surface area contributed by atoms with Gasteiger partial charge in [0.1, 0.15) is 17.1 Å². The van der Waals surface area contributed by atoms with E-state index in [4.69, 9.17) is 4.74 Å². The highest BCUT2D eigenvalue weighted by Crippen LogP contribution is 2.34. The number of nitrogens with zero attached hydrogens (tertiary/aromatic N) is 1. The smallest absolute Gasteiger partial charge is 0.148 e. The molecule has 1 aromatic heterocycles. The molecule has 0 bridgehead atoms. The molecule has 0 atom stereocenters. The zero-order chi connectivity index (χ0) is 14.0. The second-order valence-corrected chi connectivity index (χ2v) is 4.44. The molecule has 4 heteroatoms. The summed E-state index contributed by atoms with van der Waals surface area (Å²) in [6.07, 6.45) is 0.857. The standard InChI is InChI=1S/C15H19FN2O/c1-5-11-9(3)18-15-12(14(11)17-6-2)7-10(16)8-13(15)19-4/h7-8H,5-6H2,1-4H3,(H,17,18). The fraction of sp³-hybridized carbons (Fsp3) is 0.400. The third-order valence-electron chi connectivity index (χ3n) is 3.25. The predicted molar refractivity (Wildman–Crippen MR) is 76.5 cm³/mol.